The average molecular weight is 477 g/mol. The van der Waals surface area contributed by atoms with Gasteiger partial charge in [-0.1, -0.05) is 17.7 Å². The van der Waals surface area contributed by atoms with E-state index in [-0.39, 0.29) is 13.3 Å². The minimum atomic E-state index is -4.84. The van der Waals surface area contributed by atoms with E-state index < -0.39 is 44.1 Å². The van der Waals surface area contributed by atoms with Crippen LogP contribution in [0.25, 0.3) is 0 Å². The zero-order valence-corrected chi connectivity index (χ0v) is 17.4. The van der Waals surface area contributed by atoms with E-state index in [1.165, 1.54) is 18.2 Å². The van der Waals surface area contributed by atoms with Crippen molar-refractivity contribution in [1.29, 1.82) is 0 Å². The van der Waals surface area contributed by atoms with Gasteiger partial charge < -0.3 is 14.8 Å². The van der Waals surface area contributed by atoms with Crippen LogP contribution in [0.3, 0.4) is 0 Å². The van der Waals surface area contributed by atoms with Gasteiger partial charge in [0.15, 0.2) is 11.5 Å². The highest BCUT2D eigenvalue weighted by Crippen LogP contribution is 2.37. The largest absolute Gasteiger partial charge is 0.454 e. The summed E-state index contributed by atoms with van der Waals surface area (Å²) in [6.07, 6.45) is -3.63. The minimum absolute atomic E-state index is 0.0408. The number of fused-ring (bicyclic) bond motifs is 1. The number of amides is 1. The van der Waals surface area contributed by atoms with E-state index in [4.69, 9.17) is 21.1 Å². The first-order chi connectivity index (χ1) is 14.5. The van der Waals surface area contributed by atoms with Crippen molar-refractivity contribution in [1.82, 2.24) is 4.31 Å². The Balaban J connectivity index is 1.82. The van der Waals surface area contributed by atoms with Crippen molar-refractivity contribution in [2.75, 3.05) is 25.2 Å². The fraction of sp³-hybridized carbons (Fsp3) is 0.211. The molecule has 12 heteroatoms. The number of hydrogen-bond acceptors (Lipinski definition) is 5. The van der Waals surface area contributed by atoms with Crippen molar-refractivity contribution in [3.05, 3.63) is 59.6 Å². The molecule has 31 heavy (non-hydrogen) atoms. The van der Waals surface area contributed by atoms with Crippen LogP contribution >= 0.6 is 11.6 Å². The zero-order chi connectivity index (χ0) is 22.8. The van der Waals surface area contributed by atoms with Gasteiger partial charge in [0.2, 0.25) is 22.7 Å². The summed E-state index contributed by atoms with van der Waals surface area (Å²) in [4.78, 5) is 11.8. The number of nitrogens with one attached hydrogen (secondary N) is 1. The summed E-state index contributed by atoms with van der Waals surface area (Å²) in [5.74, 6) is 0.195. The number of carbonyl (C=O) groups excluding carboxylic acids is 1. The Labute approximate surface area is 181 Å². The predicted octanol–water partition coefficient (Wildman–Crippen LogP) is 3.90. The van der Waals surface area contributed by atoms with Crippen molar-refractivity contribution in [2.45, 2.75) is 11.1 Å². The zero-order valence-electron chi connectivity index (χ0n) is 15.8. The lowest BCUT2D eigenvalue weighted by atomic mass is 10.2. The molecule has 7 nitrogen and oxygen atoms in total. The van der Waals surface area contributed by atoms with Gasteiger partial charge in [0.25, 0.3) is 0 Å². The number of hydrogen-bond donors (Lipinski definition) is 1. The highest BCUT2D eigenvalue weighted by Gasteiger charge is 2.35. The van der Waals surface area contributed by atoms with Crippen LogP contribution in [-0.4, -0.2) is 38.5 Å². The highest BCUT2D eigenvalue weighted by atomic mass is 35.5. The molecule has 0 unspecified atom stereocenters. The molecule has 0 bridgehead atoms. The molecule has 0 radical (unpaired) electrons. The second-order valence-electron chi connectivity index (χ2n) is 6.34. The molecular formula is C19H16ClF3N2O5S. The lowest BCUT2D eigenvalue weighted by Crippen LogP contribution is -2.38. The lowest BCUT2D eigenvalue weighted by molar-refractivity contribution is -0.137. The first kappa shape index (κ1) is 22.9. The molecule has 0 fully saturated rings. The lowest BCUT2D eigenvalue weighted by Gasteiger charge is -2.21. The summed E-state index contributed by atoms with van der Waals surface area (Å²) in [5, 5.41) is 1.88. The normalized spacial score (nSPS) is 13.3. The summed E-state index contributed by atoms with van der Waals surface area (Å²) in [5.41, 5.74) is -0.963. The van der Waals surface area contributed by atoms with Crippen LogP contribution in [-0.2, 0) is 21.0 Å². The predicted molar refractivity (Wildman–Crippen MR) is 107 cm³/mol. The number of sulfonamides is 1. The van der Waals surface area contributed by atoms with Crippen LogP contribution in [0, 0.1) is 0 Å². The maximum Gasteiger partial charge on any atom is 0.417 e. The molecule has 1 amide bonds. The van der Waals surface area contributed by atoms with Gasteiger partial charge in [-0.15, -0.1) is 6.58 Å². The van der Waals surface area contributed by atoms with E-state index in [9.17, 15) is 26.4 Å². The Hall–Kier alpha value is -2.76. The van der Waals surface area contributed by atoms with E-state index in [0.29, 0.717) is 27.6 Å². The fourth-order valence-electron chi connectivity index (χ4n) is 2.76. The average Bonchev–Trinajstić information content (AvgIpc) is 3.14. The van der Waals surface area contributed by atoms with Gasteiger partial charge >= 0.3 is 6.18 Å². The first-order valence-electron chi connectivity index (χ1n) is 8.69. The number of rotatable bonds is 7. The van der Waals surface area contributed by atoms with E-state index >= 15 is 0 Å². The number of anilines is 1. The third-order valence-corrected chi connectivity index (χ3v) is 6.33. The Morgan fingerprint density at radius 1 is 1.19 bits per heavy atom. The van der Waals surface area contributed by atoms with Crippen molar-refractivity contribution < 1.29 is 35.9 Å². The molecule has 0 aliphatic carbocycles. The molecule has 2 aromatic carbocycles. The van der Waals surface area contributed by atoms with Crippen LogP contribution in [0.5, 0.6) is 11.5 Å². The number of nitrogens with zero attached hydrogens (tertiary/aromatic N) is 1. The second-order valence-corrected chi connectivity index (χ2v) is 8.69. The Morgan fingerprint density at radius 2 is 1.90 bits per heavy atom. The van der Waals surface area contributed by atoms with Gasteiger partial charge in [-0.25, -0.2) is 8.42 Å². The van der Waals surface area contributed by atoms with Gasteiger partial charge in [-0.05, 0) is 30.3 Å². The fourth-order valence-corrected chi connectivity index (χ4v) is 4.38. The number of carbonyl (C=O) groups is 1. The van der Waals surface area contributed by atoms with Crippen LogP contribution in [0.2, 0.25) is 5.02 Å². The second kappa shape index (κ2) is 8.77. The molecular weight excluding hydrogens is 461 g/mol. The summed E-state index contributed by atoms with van der Waals surface area (Å²) >= 11 is 5.56. The Morgan fingerprint density at radius 3 is 2.58 bits per heavy atom. The van der Waals surface area contributed by atoms with Gasteiger partial charge in [-0.2, -0.15) is 17.5 Å². The topological polar surface area (TPSA) is 84.9 Å². The van der Waals surface area contributed by atoms with E-state index in [0.717, 1.165) is 12.1 Å². The molecule has 166 valence electrons. The first-order valence-corrected chi connectivity index (χ1v) is 10.5. The number of alkyl halides is 3. The van der Waals surface area contributed by atoms with E-state index in [2.05, 4.69) is 11.9 Å². The minimum Gasteiger partial charge on any atom is -0.454 e. The molecule has 2 aromatic rings. The van der Waals surface area contributed by atoms with Crippen molar-refractivity contribution in [3.8, 4) is 11.5 Å². The summed E-state index contributed by atoms with van der Waals surface area (Å²) < 4.78 is 76.2. The quantitative estimate of drug-likeness (QED) is 0.613. The molecule has 3 rings (SSSR count). The Bertz CT molecular complexity index is 1120. The number of benzene rings is 2. The smallest absolute Gasteiger partial charge is 0.417 e. The monoisotopic (exact) mass is 476 g/mol. The third-order valence-electron chi connectivity index (χ3n) is 4.19. The summed E-state index contributed by atoms with van der Waals surface area (Å²) in [7, 11) is -4.46. The van der Waals surface area contributed by atoms with Crippen molar-refractivity contribution in [2.24, 2.45) is 0 Å². The molecule has 0 aromatic heterocycles. The number of ether oxygens (including phenoxy) is 2. The van der Waals surface area contributed by atoms with Gasteiger partial charge in [0.05, 0.1) is 22.0 Å². The van der Waals surface area contributed by atoms with E-state index in [1.54, 1.807) is 6.07 Å². The van der Waals surface area contributed by atoms with Crippen molar-refractivity contribution in [3.63, 3.8) is 0 Å². The van der Waals surface area contributed by atoms with Crippen LogP contribution in [0.15, 0.2) is 53.9 Å². The summed E-state index contributed by atoms with van der Waals surface area (Å²) in [6, 6.07) is 6.83. The van der Waals surface area contributed by atoms with Gasteiger partial charge in [0, 0.05) is 18.3 Å². The molecule has 1 aliphatic heterocycles. The summed E-state index contributed by atoms with van der Waals surface area (Å²) in [6.45, 7) is 2.52. The molecule has 0 saturated carbocycles. The Kier molecular flexibility index (Phi) is 6.48. The molecule has 1 N–H and O–H groups in total. The van der Waals surface area contributed by atoms with Crippen molar-refractivity contribution >= 4 is 33.2 Å². The van der Waals surface area contributed by atoms with Crippen LogP contribution in [0.4, 0.5) is 18.9 Å². The van der Waals surface area contributed by atoms with Crippen LogP contribution < -0.4 is 14.8 Å². The van der Waals surface area contributed by atoms with Crippen LogP contribution in [0.1, 0.15) is 5.56 Å². The van der Waals surface area contributed by atoms with Gasteiger partial charge in [-0.3, -0.25) is 4.79 Å². The number of halogens is 4. The van der Waals surface area contributed by atoms with Gasteiger partial charge in [0.1, 0.15) is 0 Å². The SMILES string of the molecule is C=CCN(CC(=O)Nc1ccc2c(c1)OCO2)S(=O)(=O)c1ccc(Cl)c(C(F)(F)F)c1. The molecule has 0 saturated heterocycles. The molecule has 1 aliphatic rings. The standard InChI is InChI=1S/C19H16ClF3N2O5S/c1-2-7-25(10-18(26)24-12-3-6-16-17(8-12)30-11-29-16)31(27,28)13-4-5-15(20)14(9-13)19(21,22)23/h2-6,8-9H,1,7,10-11H2,(H,24,26). The van der Waals surface area contributed by atoms with E-state index in [1.807, 2.05) is 0 Å². The maximum atomic E-state index is 13.1. The maximum absolute atomic E-state index is 13.1. The molecule has 1 heterocycles. The molecule has 0 spiro atoms. The molecule has 0 atom stereocenters. The highest BCUT2D eigenvalue weighted by molar-refractivity contribution is 7.89. The third kappa shape index (κ3) is 5.12.